The number of aromatic nitrogens is 5. The maximum Gasteiger partial charge on any atom is 0.278 e. The molecule has 42 heavy (non-hydrogen) atoms. The molecule has 2 aliphatic rings. The average molecular weight is 571 g/mol. The van der Waals surface area contributed by atoms with Gasteiger partial charge in [0.15, 0.2) is 11.5 Å². The zero-order chi connectivity index (χ0) is 29.5. The molecule has 6 rings (SSSR count). The van der Waals surface area contributed by atoms with E-state index in [1.807, 2.05) is 12.1 Å². The molecule has 2 aliphatic heterocycles. The molecule has 2 saturated heterocycles. The monoisotopic (exact) mass is 570 g/mol. The number of hydrogen-bond donors (Lipinski definition) is 2. The zero-order valence-corrected chi connectivity index (χ0v) is 24.5. The van der Waals surface area contributed by atoms with Crippen molar-refractivity contribution in [1.29, 1.82) is 0 Å². The van der Waals surface area contributed by atoms with Crippen LogP contribution < -0.4 is 15.8 Å². The van der Waals surface area contributed by atoms with Crippen molar-refractivity contribution in [2.24, 2.45) is 0 Å². The highest BCUT2D eigenvalue weighted by Crippen LogP contribution is 2.31. The summed E-state index contributed by atoms with van der Waals surface area (Å²) >= 11 is 0. The lowest BCUT2D eigenvalue weighted by molar-refractivity contribution is -0.0926. The summed E-state index contributed by atoms with van der Waals surface area (Å²) in [7, 11) is 2.17. The summed E-state index contributed by atoms with van der Waals surface area (Å²) in [6, 6.07) is 13.6. The maximum atomic E-state index is 13.3. The van der Waals surface area contributed by atoms with Crippen molar-refractivity contribution >= 4 is 28.4 Å². The molecule has 1 atom stereocenters. The van der Waals surface area contributed by atoms with Gasteiger partial charge >= 0.3 is 0 Å². The van der Waals surface area contributed by atoms with E-state index in [1.54, 1.807) is 42.8 Å². The first kappa shape index (κ1) is 28.1. The van der Waals surface area contributed by atoms with Crippen LogP contribution in [0.1, 0.15) is 32.4 Å². The van der Waals surface area contributed by atoms with Gasteiger partial charge in [0.05, 0.1) is 24.4 Å². The molecular weight excluding hydrogens is 532 g/mol. The zero-order valence-electron chi connectivity index (χ0n) is 24.5. The molecular formula is C31H38N8O3. The summed E-state index contributed by atoms with van der Waals surface area (Å²) in [6.45, 7) is 12.0. The van der Waals surface area contributed by atoms with Crippen molar-refractivity contribution < 1.29 is 9.84 Å². The molecule has 1 unspecified atom stereocenters. The second kappa shape index (κ2) is 11.0. The van der Waals surface area contributed by atoms with Crippen LogP contribution in [0, 0.1) is 0 Å². The van der Waals surface area contributed by atoms with Gasteiger partial charge in [0.1, 0.15) is 11.0 Å². The number of likely N-dealkylation sites (N-methyl/N-ethyl adjacent to an activating group) is 1. The summed E-state index contributed by atoms with van der Waals surface area (Å²) in [5.74, 6) is 0.819. The van der Waals surface area contributed by atoms with E-state index in [0.29, 0.717) is 28.5 Å². The first-order valence-electron chi connectivity index (χ1n) is 14.4. The topological polar surface area (TPSA) is 114 Å². The minimum atomic E-state index is -1.15. The standard InChI is InChI=1S/C31H38N8O3/c1-5-15-38-28(40)24-19-32-29(35-27(24)39(38)26-9-6-8-25(34-26)30(2,3)41)33-22-10-12-23(13-11-22)37-17-18-42-31(21-37)14-7-16-36(4)20-31/h5-6,8-13,19,41H,1,7,14-18,20-21H2,2-4H3,(H,32,33,35). The highest BCUT2D eigenvalue weighted by molar-refractivity contribution is 5.77. The Hall–Kier alpha value is -4.06. The highest BCUT2D eigenvalue weighted by atomic mass is 16.5. The minimum absolute atomic E-state index is 0.107. The molecule has 220 valence electrons. The van der Waals surface area contributed by atoms with Gasteiger partial charge in [0, 0.05) is 37.2 Å². The van der Waals surface area contributed by atoms with Crippen molar-refractivity contribution in [3.63, 3.8) is 0 Å². The summed E-state index contributed by atoms with van der Waals surface area (Å²) in [5.41, 5.74) is 1.38. The van der Waals surface area contributed by atoms with Crippen LogP contribution in [0.4, 0.5) is 17.3 Å². The molecule has 0 radical (unpaired) electrons. The number of benzene rings is 1. The van der Waals surface area contributed by atoms with Gasteiger partial charge in [-0.2, -0.15) is 4.98 Å². The largest absolute Gasteiger partial charge is 0.384 e. The fourth-order valence-corrected chi connectivity index (χ4v) is 6.01. The van der Waals surface area contributed by atoms with E-state index in [4.69, 9.17) is 9.72 Å². The number of piperidine rings is 1. The van der Waals surface area contributed by atoms with E-state index in [-0.39, 0.29) is 17.7 Å². The van der Waals surface area contributed by atoms with Gasteiger partial charge in [0.2, 0.25) is 5.95 Å². The SMILES string of the molecule is C=CCn1c(=O)c2cnc(Nc3ccc(N4CCOC5(CCCN(C)C5)C4)cc3)nc2n1-c1cccc(C(C)(C)O)n1. The van der Waals surface area contributed by atoms with Crippen LogP contribution in [0.25, 0.3) is 16.9 Å². The first-order chi connectivity index (χ1) is 20.2. The van der Waals surface area contributed by atoms with Crippen molar-refractivity contribution in [1.82, 2.24) is 29.2 Å². The lowest BCUT2D eigenvalue weighted by atomic mass is 9.91. The van der Waals surface area contributed by atoms with Gasteiger partial charge < -0.3 is 25.0 Å². The molecule has 2 N–H and O–H groups in total. The highest BCUT2D eigenvalue weighted by Gasteiger charge is 2.39. The van der Waals surface area contributed by atoms with Gasteiger partial charge in [-0.3, -0.25) is 4.79 Å². The Labute approximate surface area is 245 Å². The smallest absolute Gasteiger partial charge is 0.278 e. The number of hydrogen-bond acceptors (Lipinski definition) is 9. The summed E-state index contributed by atoms with van der Waals surface area (Å²) in [4.78, 5) is 31.9. The van der Waals surface area contributed by atoms with Crippen molar-refractivity contribution in [2.75, 3.05) is 50.1 Å². The van der Waals surface area contributed by atoms with Crippen molar-refractivity contribution in [3.05, 3.63) is 77.4 Å². The lowest BCUT2D eigenvalue weighted by Crippen LogP contribution is -2.59. The van der Waals surface area contributed by atoms with Crippen LogP contribution in [-0.2, 0) is 16.9 Å². The number of likely N-dealkylation sites (tertiary alicyclic amines) is 1. The van der Waals surface area contributed by atoms with Gasteiger partial charge in [-0.05, 0) is 76.7 Å². The Morgan fingerprint density at radius 2 is 1.95 bits per heavy atom. The van der Waals surface area contributed by atoms with Gasteiger partial charge in [-0.25, -0.2) is 19.3 Å². The maximum absolute atomic E-state index is 13.3. The number of rotatable bonds is 7. The van der Waals surface area contributed by atoms with Crippen LogP contribution >= 0.6 is 0 Å². The fraction of sp³-hybridized carbons (Fsp3) is 0.419. The van der Waals surface area contributed by atoms with Crippen LogP contribution in [0.5, 0.6) is 0 Å². The number of fused-ring (bicyclic) bond motifs is 1. The third-order valence-corrected chi connectivity index (χ3v) is 8.02. The number of anilines is 3. The van der Waals surface area contributed by atoms with Crippen LogP contribution in [-0.4, -0.2) is 79.8 Å². The number of allylic oxidation sites excluding steroid dienone is 1. The molecule has 5 heterocycles. The number of nitrogens with one attached hydrogen (secondary N) is 1. The Bertz CT molecular complexity index is 1650. The predicted molar refractivity (Wildman–Crippen MR) is 164 cm³/mol. The third kappa shape index (κ3) is 5.42. The van der Waals surface area contributed by atoms with Crippen molar-refractivity contribution in [3.8, 4) is 5.82 Å². The molecule has 0 amide bonds. The second-order valence-corrected chi connectivity index (χ2v) is 11.8. The Morgan fingerprint density at radius 3 is 2.69 bits per heavy atom. The van der Waals surface area contributed by atoms with E-state index >= 15 is 0 Å². The number of nitrogens with zero attached hydrogens (tertiary/aromatic N) is 7. The lowest BCUT2D eigenvalue weighted by Gasteiger charge is -2.48. The average Bonchev–Trinajstić information content (AvgIpc) is 3.23. The van der Waals surface area contributed by atoms with E-state index in [0.717, 1.165) is 57.0 Å². The van der Waals surface area contributed by atoms with Crippen LogP contribution in [0.15, 0.2) is 66.1 Å². The van der Waals surface area contributed by atoms with Gasteiger partial charge in [0.25, 0.3) is 5.56 Å². The van der Waals surface area contributed by atoms with Crippen molar-refractivity contribution in [2.45, 2.75) is 44.4 Å². The van der Waals surface area contributed by atoms with E-state index in [1.165, 1.54) is 10.9 Å². The molecule has 0 bridgehead atoms. The summed E-state index contributed by atoms with van der Waals surface area (Å²) < 4.78 is 9.46. The van der Waals surface area contributed by atoms with E-state index in [9.17, 15) is 9.90 Å². The molecule has 1 spiro atoms. The predicted octanol–water partition coefficient (Wildman–Crippen LogP) is 3.44. The Morgan fingerprint density at radius 1 is 1.14 bits per heavy atom. The van der Waals surface area contributed by atoms with Crippen LogP contribution in [0.3, 0.4) is 0 Å². The first-order valence-corrected chi connectivity index (χ1v) is 14.4. The molecule has 3 aromatic heterocycles. The summed E-state index contributed by atoms with van der Waals surface area (Å²) in [5, 5.41) is 14.2. The Balaban J connectivity index is 1.28. The minimum Gasteiger partial charge on any atom is -0.384 e. The summed E-state index contributed by atoms with van der Waals surface area (Å²) in [6.07, 6.45) is 5.42. The molecule has 11 nitrogen and oxygen atoms in total. The normalized spacial score (nSPS) is 19.9. The number of morpholine rings is 1. The fourth-order valence-electron chi connectivity index (χ4n) is 6.01. The Kier molecular flexibility index (Phi) is 7.34. The molecule has 4 aromatic rings. The van der Waals surface area contributed by atoms with E-state index < -0.39 is 5.60 Å². The molecule has 0 saturated carbocycles. The molecule has 0 aliphatic carbocycles. The van der Waals surface area contributed by atoms with Crippen LogP contribution in [0.2, 0.25) is 0 Å². The van der Waals surface area contributed by atoms with E-state index in [2.05, 4.69) is 50.8 Å². The molecule has 2 fully saturated rings. The van der Waals surface area contributed by atoms with Gasteiger partial charge in [-0.15, -0.1) is 6.58 Å². The number of ether oxygens (including phenoxy) is 1. The quantitative estimate of drug-likeness (QED) is 0.323. The number of pyridine rings is 1. The van der Waals surface area contributed by atoms with Gasteiger partial charge in [-0.1, -0.05) is 12.1 Å². The molecule has 1 aromatic carbocycles. The molecule has 11 heteroatoms. The third-order valence-electron chi connectivity index (χ3n) is 8.02. The number of aliphatic hydroxyl groups is 1. The second-order valence-electron chi connectivity index (χ2n) is 11.8.